The highest BCUT2D eigenvalue weighted by atomic mass is 32.2. The number of carboxylic acids is 1. The van der Waals surface area contributed by atoms with Gasteiger partial charge in [-0.15, -0.1) is 11.3 Å². The summed E-state index contributed by atoms with van der Waals surface area (Å²) in [5.74, 6) is -0.368. The summed E-state index contributed by atoms with van der Waals surface area (Å²) in [6, 6.07) is 11.5. The van der Waals surface area contributed by atoms with E-state index in [1.54, 1.807) is 24.4 Å². The van der Waals surface area contributed by atoms with Crippen molar-refractivity contribution in [3.05, 3.63) is 64.8 Å². The monoisotopic (exact) mass is 512 g/mol. The molecule has 9 heteroatoms. The first-order chi connectivity index (χ1) is 16.9. The SMILES string of the molecule is O=C(O)C=Cc1cnc(-c2ccc(C(CC3CCOCC3)c3ccc(S(=O)(=O)C4CC4)cc3)[nH]2)s1. The Morgan fingerprint density at radius 2 is 1.89 bits per heavy atom. The van der Waals surface area contributed by atoms with Crippen molar-refractivity contribution in [2.75, 3.05) is 13.2 Å². The minimum absolute atomic E-state index is 0.0934. The number of hydrogen-bond donors (Lipinski definition) is 2. The van der Waals surface area contributed by atoms with Crippen LogP contribution in [0.25, 0.3) is 16.8 Å². The molecular formula is C26H28N2O5S2. The van der Waals surface area contributed by atoms with Gasteiger partial charge >= 0.3 is 5.97 Å². The van der Waals surface area contributed by atoms with E-state index in [1.165, 1.54) is 11.3 Å². The number of H-pyrrole nitrogens is 1. The molecule has 0 radical (unpaired) electrons. The highest BCUT2D eigenvalue weighted by Gasteiger charge is 2.37. The Kier molecular flexibility index (Phi) is 6.91. The van der Waals surface area contributed by atoms with Gasteiger partial charge in [0.25, 0.3) is 0 Å². The lowest BCUT2D eigenvalue weighted by Crippen LogP contribution is -2.19. The Labute approximate surface area is 208 Å². The van der Waals surface area contributed by atoms with Gasteiger partial charge in [-0.25, -0.2) is 18.2 Å². The van der Waals surface area contributed by atoms with Crippen molar-refractivity contribution in [2.24, 2.45) is 5.92 Å². The zero-order valence-corrected chi connectivity index (χ0v) is 20.9. The molecule has 2 N–H and O–H groups in total. The molecule has 2 aromatic heterocycles. The van der Waals surface area contributed by atoms with Crippen molar-refractivity contribution < 1.29 is 23.1 Å². The number of rotatable bonds is 9. The molecule has 35 heavy (non-hydrogen) atoms. The number of hydrogen-bond acceptors (Lipinski definition) is 6. The second kappa shape index (κ2) is 10.1. The predicted molar refractivity (Wildman–Crippen MR) is 135 cm³/mol. The van der Waals surface area contributed by atoms with Crippen molar-refractivity contribution in [2.45, 2.75) is 48.2 Å². The van der Waals surface area contributed by atoms with Crippen LogP contribution in [0, 0.1) is 5.92 Å². The summed E-state index contributed by atoms with van der Waals surface area (Å²) in [6.07, 6.45) is 8.81. The van der Waals surface area contributed by atoms with Crippen LogP contribution in [0.2, 0.25) is 0 Å². The fraction of sp³-hybridized carbons (Fsp3) is 0.385. The molecule has 3 aromatic rings. The lowest BCUT2D eigenvalue weighted by Gasteiger charge is -2.27. The number of benzene rings is 1. The number of aliphatic carboxylic acids is 1. The van der Waals surface area contributed by atoms with E-state index in [0.29, 0.717) is 10.8 Å². The topological polar surface area (TPSA) is 109 Å². The molecule has 1 aromatic carbocycles. The standard InChI is InChI=1S/C26H28N2O5S2/c29-25(30)10-3-19-16-27-26(34-19)24-9-8-23(28-24)22(15-17-11-13-33-14-12-17)18-1-4-20(5-2-18)35(31,32)21-6-7-21/h1-5,8-10,16-17,21-22,28H,6-7,11-15H2,(H,29,30). The summed E-state index contributed by atoms with van der Waals surface area (Å²) in [7, 11) is -3.21. The molecule has 184 valence electrons. The van der Waals surface area contributed by atoms with Gasteiger partial charge in [0.15, 0.2) is 9.84 Å². The van der Waals surface area contributed by atoms with Crippen LogP contribution in [0.15, 0.2) is 53.6 Å². The van der Waals surface area contributed by atoms with Gasteiger partial charge in [0.2, 0.25) is 0 Å². The maximum atomic E-state index is 12.6. The lowest BCUT2D eigenvalue weighted by atomic mass is 9.83. The molecule has 5 rings (SSSR count). The molecule has 7 nitrogen and oxygen atoms in total. The lowest BCUT2D eigenvalue weighted by molar-refractivity contribution is -0.131. The molecule has 2 fully saturated rings. The summed E-state index contributed by atoms with van der Waals surface area (Å²) in [5, 5.41) is 9.42. The number of aromatic amines is 1. The predicted octanol–water partition coefficient (Wildman–Crippen LogP) is 5.12. The van der Waals surface area contributed by atoms with Crippen LogP contribution in [-0.2, 0) is 19.4 Å². The quantitative estimate of drug-likeness (QED) is 0.385. The van der Waals surface area contributed by atoms with E-state index < -0.39 is 15.8 Å². The number of aromatic nitrogens is 2. The van der Waals surface area contributed by atoms with Gasteiger partial charge < -0.3 is 14.8 Å². The Hall–Kier alpha value is -2.75. The van der Waals surface area contributed by atoms with E-state index in [0.717, 1.165) is 78.2 Å². The first-order valence-corrected chi connectivity index (χ1v) is 14.2. The van der Waals surface area contributed by atoms with Crippen LogP contribution in [0.5, 0.6) is 0 Å². The average Bonchev–Trinajstić information content (AvgIpc) is 3.44. The minimum Gasteiger partial charge on any atom is -0.478 e. The van der Waals surface area contributed by atoms with Crippen LogP contribution in [-0.4, -0.2) is 47.9 Å². The number of nitrogens with one attached hydrogen (secondary N) is 1. The molecule has 1 saturated heterocycles. The minimum atomic E-state index is -3.21. The molecule has 0 amide bonds. The van der Waals surface area contributed by atoms with Crippen molar-refractivity contribution in [1.82, 2.24) is 9.97 Å². The van der Waals surface area contributed by atoms with Crippen LogP contribution < -0.4 is 0 Å². The molecule has 0 spiro atoms. The van der Waals surface area contributed by atoms with Gasteiger partial charge in [-0.1, -0.05) is 12.1 Å². The second-order valence-electron chi connectivity index (χ2n) is 9.22. The molecule has 1 atom stereocenters. The Balaban J connectivity index is 1.42. The highest BCUT2D eigenvalue weighted by molar-refractivity contribution is 7.92. The van der Waals surface area contributed by atoms with E-state index >= 15 is 0 Å². The van der Waals surface area contributed by atoms with E-state index in [2.05, 4.69) is 16.0 Å². The summed E-state index contributed by atoms with van der Waals surface area (Å²) in [5.41, 5.74) is 3.02. The number of nitrogens with zero attached hydrogens (tertiary/aromatic N) is 1. The Morgan fingerprint density at radius 3 is 2.57 bits per heavy atom. The fourth-order valence-electron chi connectivity index (χ4n) is 4.60. The van der Waals surface area contributed by atoms with E-state index in [1.807, 2.05) is 18.2 Å². The normalized spacial score (nSPS) is 18.2. The second-order valence-corrected chi connectivity index (χ2v) is 12.5. The van der Waals surface area contributed by atoms with Gasteiger partial charge in [-0.05, 0) is 73.9 Å². The zero-order chi connectivity index (χ0) is 24.4. The van der Waals surface area contributed by atoms with Gasteiger partial charge in [0.05, 0.1) is 15.8 Å². The van der Waals surface area contributed by atoms with Crippen molar-refractivity contribution in [3.8, 4) is 10.7 Å². The van der Waals surface area contributed by atoms with E-state index in [9.17, 15) is 13.2 Å². The fourth-order valence-corrected chi connectivity index (χ4v) is 7.06. The van der Waals surface area contributed by atoms with E-state index in [-0.39, 0.29) is 11.2 Å². The molecule has 1 saturated carbocycles. The van der Waals surface area contributed by atoms with Crippen LogP contribution >= 0.6 is 11.3 Å². The third kappa shape index (κ3) is 5.58. The smallest absolute Gasteiger partial charge is 0.328 e. The van der Waals surface area contributed by atoms with Crippen LogP contribution in [0.3, 0.4) is 0 Å². The third-order valence-electron chi connectivity index (χ3n) is 6.71. The maximum Gasteiger partial charge on any atom is 0.328 e. The van der Waals surface area contributed by atoms with Crippen molar-refractivity contribution in [3.63, 3.8) is 0 Å². The Morgan fingerprint density at radius 1 is 1.14 bits per heavy atom. The number of sulfone groups is 1. The average molecular weight is 513 g/mol. The molecule has 1 aliphatic carbocycles. The van der Waals surface area contributed by atoms with Crippen LogP contribution in [0.4, 0.5) is 0 Å². The Bertz CT molecular complexity index is 1310. The zero-order valence-electron chi connectivity index (χ0n) is 19.2. The maximum absolute atomic E-state index is 12.6. The van der Waals surface area contributed by atoms with Gasteiger partial charge in [-0.3, -0.25) is 0 Å². The molecule has 3 heterocycles. The van der Waals surface area contributed by atoms with Gasteiger partial charge in [-0.2, -0.15) is 0 Å². The first-order valence-electron chi connectivity index (χ1n) is 11.9. The summed E-state index contributed by atoms with van der Waals surface area (Å²) < 4.78 is 30.8. The van der Waals surface area contributed by atoms with Gasteiger partial charge in [0, 0.05) is 42.0 Å². The summed E-state index contributed by atoms with van der Waals surface area (Å²) >= 11 is 1.42. The molecular weight excluding hydrogens is 484 g/mol. The van der Waals surface area contributed by atoms with Gasteiger partial charge in [0.1, 0.15) is 5.01 Å². The molecule has 1 aliphatic heterocycles. The van der Waals surface area contributed by atoms with Crippen molar-refractivity contribution in [1.29, 1.82) is 0 Å². The highest BCUT2D eigenvalue weighted by Crippen LogP contribution is 2.38. The molecule has 2 aliphatic rings. The third-order valence-corrected chi connectivity index (χ3v) is 9.99. The number of thiazole rings is 1. The first kappa shape index (κ1) is 24.0. The summed E-state index contributed by atoms with van der Waals surface area (Å²) in [4.78, 5) is 19.9. The summed E-state index contributed by atoms with van der Waals surface area (Å²) in [6.45, 7) is 1.55. The number of ether oxygens (including phenoxy) is 1. The molecule has 0 bridgehead atoms. The van der Waals surface area contributed by atoms with Crippen LogP contribution in [0.1, 0.15) is 54.2 Å². The number of carboxylic acid groups (broad SMARTS) is 1. The largest absolute Gasteiger partial charge is 0.478 e. The number of carbonyl (C=O) groups is 1. The van der Waals surface area contributed by atoms with Crippen molar-refractivity contribution >= 4 is 33.2 Å². The van der Waals surface area contributed by atoms with E-state index in [4.69, 9.17) is 9.84 Å². The molecule has 1 unspecified atom stereocenters.